The van der Waals surface area contributed by atoms with Crippen molar-refractivity contribution in [2.75, 3.05) is 13.2 Å². The minimum Gasteiger partial charge on any atom is -0.507 e. The maximum absolute atomic E-state index is 13.3. The number of hydrogen-bond acceptors (Lipinski definition) is 7. The van der Waals surface area contributed by atoms with Gasteiger partial charge in [0.25, 0.3) is 11.7 Å². The molecule has 2 aromatic carbocycles. The summed E-state index contributed by atoms with van der Waals surface area (Å²) in [5, 5.41) is 11.3. The maximum Gasteiger partial charge on any atom is 0.338 e. The molecule has 1 atom stereocenters. The smallest absolute Gasteiger partial charge is 0.338 e. The molecule has 8 heteroatoms. The van der Waals surface area contributed by atoms with E-state index in [0.717, 1.165) is 12.0 Å². The van der Waals surface area contributed by atoms with Crippen molar-refractivity contribution in [1.82, 2.24) is 9.88 Å². The van der Waals surface area contributed by atoms with Crippen LogP contribution in [0.25, 0.3) is 5.76 Å². The largest absolute Gasteiger partial charge is 0.507 e. The summed E-state index contributed by atoms with van der Waals surface area (Å²) in [5.74, 6) is -1.51. The lowest BCUT2D eigenvalue weighted by Gasteiger charge is -2.25. The fourth-order valence-corrected chi connectivity index (χ4v) is 4.42. The van der Waals surface area contributed by atoms with Crippen molar-refractivity contribution in [2.45, 2.75) is 39.8 Å². The Kier molecular flexibility index (Phi) is 8.21. The van der Waals surface area contributed by atoms with Crippen LogP contribution in [0.3, 0.4) is 0 Å². The zero-order valence-corrected chi connectivity index (χ0v) is 21.6. The highest BCUT2D eigenvalue weighted by Gasteiger charge is 2.46. The molecule has 1 saturated heterocycles. The second-order valence-electron chi connectivity index (χ2n) is 8.96. The van der Waals surface area contributed by atoms with Crippen molar-refractivity contribution < 1.29 is 29.0 Å². The van der Waals surface area contributed by atoms with E-state index in [1.54, 1.807) is 67.0 Å². The lowest BCUT2D eigenvalue weighted by molar-refractivity contribution is -0.140. The molecule has 0 aliphatic carbocycles. The molecule has 3 aromatic rings. The van der Waals surface area contributed by atoms with Gasteiger partial charge in [-0.2, -0.15) is 0 Å². The molecule has 1 unspecified atom stereocenters. The molecular formula is C30H30N2O6. The first-order chi connectivity index (χ1) is 18.3. The number of aromatic nitrogens is 1. The molecule has 1 aliphatic rings. The second kappa shape index (κ2) is 11.7. The number of amides is 1. The van der Waals surface area contributed by atoms with Crippen LogP contribution in [0.4, 0.5) is 0 Å². The number of aliphatic hydroxyl groups excluding tert-OH is 1. The van der Waals surface area contributed by atoms with Crippen LogP contribution in [0.1, 0.15) is 58.9 Å². The van der Waals surface area contributed by atoms with Crippen molar-refractivity contribution in [2.24, 2.45) is 0 Å². The number of pyridine rings is 1. The van der Waals surface area contributed by atoms with E-state index < -0.39 is 23.7 Å². The van der Waals surface area contributed by atoms with Crippen LogP contribution in [-0.4, -0.2) is 45.9 Å². The van der Waals surface area contributed by atoms with Gasteiger partial charge in [0.15, 0.2) is 0 Å². The maximum atomic E-state index is 13.3. The van der Waals surface area contributed by atoms with Crippen LogP contribution in [0.15, 0.2) is 72.6 Å². The Hall–Kier alpha value is -4.46. The fraction of sp³-hybridized carbons (Fsp3) is 0.267. The van der Waals surface area contributed by atoms with Crippen LogP contribution >= 0.6 is 0 Å². The molecule has 4 rings (SSSR count). The number of rotatable bonds is 9. The molecule has 0 spiro atoms. The Labute approximate surface area is 221 Å². The Morgan fingerprint density at radius 3 is 2.42 bits per heavy atom. The van der Waals surface area contributed by atoms with Gasteiger partial charge in [0.05, 0.1) is 30.4 Å². The normalized spacial score (nSPS) is 16.5. The van der Waals surface area contributed by atoms with Gasteiger partial charge in [0.1, 0.15) is 11.5 Å². The van der Waals surface area contributed by atoms with Gasteiger partial charge < -0.3 is 19.5 Å². The first-order valence-corrected chi connectivity index (χ1v) is 12.5. The number of aryl methyl sites for hydroxylation is 1. The third-order valence-corrected chi connectivity index (χ3v) is 6.27. The van der Waals surface area contributed by atoms with Crippen molar-refractivity contribution in [3.05, 3.63) is 100 Å². The minimum absolute atomic E-state index is 0.00803. The third kappa shape index (κ3) is 5.44. The number of carbonyl (C=O) groups is 3. The quantitative estimate of drug-likeness (QED) is 0.186. The number of ether oxygens (including phenoxy) is 2. The number of benzene rings is 2. The number of esters is 1. The summed E-state index contributed by atoms with van der Waals surface area (Å²) in [6.07, 6.45) is 3.90. The first kappa shape index (κ1) is 26.6. The van der Waals surface area contributed by atoms with Crippen LogP contribution in [-0.2, 0) is 20.9 Å². The molecule has 1 fully saturated rings. The number of nitrogens with zero attached hydrogens (tertiary/aromatic N) is 2. The molecule has 38 heavy (non-hydrogen) atoms. The van der Waals surface area contributed by atoms with Crippen LogP contribution in [0.5, 0.6) is 5.75 Å². The molecule has 2 heterocycles. The summed E-state index contributed by atoms with van der Waals surface area (Å²) in [6.45, 7) is 6.58. The van der Waals surface area contributed by atoms with Crippen LogP contribution < -0.4 is 4.74 Å². The first-order valence-electron chi connectivity index (χ1n) is 12.5. The minimum atomic E-state index is -0.843. The number of carbonyl (C=O) groups excluding carboxylic acids is 3. The lowest BCUT2D eigenvalue weighted by atomic mass is 9.95. The molecule has 8 nitrogen and oxygen atoms in total. The number of Topliss-reactive ketones (excluding diaryl/α,β-unsaturated/α-hetero) is 1. The Morgan fingerprint density at radius 2 is 1.79 bits per heavy atom. The molecule has 196 valence electrons. The highest BCUT2D eigenvalue weighted by Crippen LogP contribution is 2.40. The second-order valence-corrected chi connectivity index (χ2v) is 8.96. The van der Waals surface area contributed by atoms with Gasteiger partial charge in [-0.1, -0.05) is 25.1 Å². The van der Waals surface area contributed by atoms with E-state index >= 15 is 0 Å². The number of likely N-dealkylation sites (tertiary alicyclic amines) is 1. The van der Waals surface area contributed by atoms with E-state index in [2.05, 4.69) is 4.98 Å². The van der Waals surface area contributed by atoms with E-state index in [9.17, 15) is 19.5 Å². The average molecular weight is 515 g/mol. The van der Waals surface area contributed by atoms with Gasteiger partial charge in [0.2, 0.25) is 0 Å². The zero-order valence-electron chi connectivity index (χ0n) is 21.6. The van der Waals surface area contributed by atoms with Crippen molar-refractivity contribution >= 4 is 23.4 Å². The molecule has 1 N–H and O–H groups in total. The summed E-state index contributed by atoms with van der Waals surface area (Å²) in [4.78, 5) is 44.3. The van der Waals surface area contributed by atoms with Crippen LogP contribution in [0, 0.1) is 6.92 Å². The summed E-state index contributed by atoms with van der Waals surface area (Å²) < 4.78 is 10.8. The van der Waals surface area contributed by atoms with Gasteiger partial charge in [0, 0.05) is 24.5 Å². The van der Waals surface area contributed by atoms with Gasteiger partial charge >= 0.3 is 5.97 Å². The Bertz CT molecular complexity index is 1370. The summed E-state index contributed by atoms with van der Waals surface area (Å²) >= 11 is 0. The summed E-state index contributed by atoms with van der Waals surface area (Å²) in [5.41, 5.74) is 2.90. The van der Waals surface area contributed by atoms with Crippen molar-refractivity contribution in [3.63, 3.8) is 0 Å². The monoisotopic (exact) mass is 514 g/mol. The highest BCUT2D eigenvalue weighted by molar-refractivity contribution is 6.46. The Balaban J connectivity index is 1.71. The standard InChI is InChI=1S/C30H30N2O6/c1-4-15-38-30(36)21-10-8-20(9-11-21)18-32-26(23-7-6-14-31-17-23)25(28(34)29(32)35)27(33)22-12-13-24(37-5-2)19(3)16-22/h6-14,16-17,26,33H,4-5,15,18H2,1-3H3/b27-25-. The van der Waals surface area contributed by atoms with Gasteiger partial charge in [-0.25, -0.2) is 4.79 Å². The van der Waals surface area contributed by atoms with Crippen molar-refractivity contribution in [1.29, 1.82) is 0 Å². The Morgan fingerprint density at radius 1 is 1.05 bits per heavy atom. The number of ketones is 1. The molecule has 0 radical (unpaired) electrons. The van der Waals surface area contributed by atoms with E-state index in [1.807, 2.05) is 20.8 Å². The lowest BCUT2D eigenvalue weighted by Crippen LogP contribution is -2.29. The van der Waals surface area contributed by atoms with Gasteiger partial charge in [-0.15, -0.1) is 0 Å². The highest BCUT2D eigenvalue weighted by atomic mass is 16.5. The van der Waals surface area contributed by atoms with Crippen molar-refractivity contribution in [3.8, 4) is 5.75 Å². The molecule has 1 amide bonds. The van der Waals surface area contributed by atoms with E-state index in [0.29, 0.717) is 41.2 Å². The topological polar surface area (TPSA) is 106 Å². The van der Waals surface area contributed by atoms with E-state index in [-0.39, 0.29) is 17.9 Å². The zero-order chi connectivity index (χ0) is 27.2. The van der Waals surface area contributed by atoms with E-state index in [1.165, 1.54) is 4.90 Å². The number of hydrogen-bond donors (Lipinski definition) is 1. The predicted molar refractivity (Wildman–Crippen MR) is 141 cm³/mol. The molecule has 1 aromatic heterocycles. The summed E-state index contributed by atoms with van der Waals surface area (Å²) in [7, 11) is 0. The predicted octanol–water partition coefficient (Wildman–Crippen LogP) is 4.98. The molecule has 0 saturated carbocycles. The average Bonchev–Trinajstić information content (AvgIpc) is 3.18. The van der Waals surface area contributed by atoms with E-state index in [4.69, 9.17) is 9.47 Å². The fourth-order valence-electron chi connectivity index (χ4n) is 4.42. The number of aliphatic hydroxyl groups is 1. The van der Waals surface area contributed by atoms with Gasteiger partial charge in [-0.05, 0) is 73.4 Å². The molecule has 0 bridgehead atoms. The van der Waals surface area contributed by atoms with Gasteiger partial charge in [-0.3, -0.25) is 14.6 Å². The molecule has 1 aliphatic heterocycles. The van der Waals surface area contributed by atoms with Crippen LogP contribution in [0.2, 0.25) is 0 Å². The third-order valence-electron chi connectivity index (χ3n) is 6.27. The SMILES string of the molecule is CCCOC(=O)c1ccc(CN2C(=O)C(=O)/C(=C(\O)c3ccc(OCC)c(C)c3)C2c2cccnc2)cc1. The summed E-state index contributed by atoms with van der Waals surface area (Å²) in [6, 6.07) is 14.5. The molecular weight excluding hydrogens is 484 g/mol.